The van der Waals surface area contributed by atoms with Crippen LogP contribution in [0.2, 0.25) is 0 Å². The molecule has 0 aliphatic heterocycles. The zero-order chi connectivity index (χ0) is 20.0. The molecule has 0 amide bonds. The summed E-state index contributed by atoms with van der Waals surface area (Å²) in [6.45, 7) is 10.1. The lowest BCUT2D eigenvalue weighted by atomic mass is 10.00. The average Bonchev–Trinajstić information content (AvgIpc) is 2.67. The van der Waals surface area contributed by atoms with Gasteiger partial charge in [0.15, 0.2) is 0 Å². The molecular formula is C22H27NO3S. The Balaban J connectivity index is 2.36. The smallest absolute Gasteiger partial charge is 0.192 e. The number of allylic oxidation sites excluding steroid dienone is 2. The van der Waals surface area contributed by atoms with Crippen molar-refractivity contribution in [1.29, 1.82) is 0 Å². The Morgan fingerprint density at radius 3 is 2.48 bits per heavy atom. The Morgan fingerprint density at radius 1 is 1.22 bits per heavy atom. The second-order valence-corrected chi connectivity index (χ2v) is 7.89. The first-order valence-corrected chi connectivity index (χ1v) is 10.4. The normalized spacial score (nSPS) is 14.2. The standard InChI is InChI=1S/C22H27NO3S/c1-6-8-12-20-16-21(15-19(7-2)17(20)3)18(4)23(5)26-27(24,25)22-13-10-9-11-14-22/h6,8-16,18H,3,7H2,1-2,4-5H3/b8-6-,20-12-/t18-/m1/s1. The van der Waals surface area contributed by atoms with E-state index in [0.29, 0.717) is 0 Å². The van der Waals surface area contributed by atoms with Gasteiger partial charge in [-0.25, -0.2) is 0 Å². The number of hydrogen-bond acceptors (Lipinski definition) is 4. The molecule has 2 aromatic rings. The van der Waals surface area contributed by atoms with Crippen LogP contribution in [0.25, 0.3) is 12.7 Å². The fraction of sp³-hybridized carbons (Fsp3) is 0.273. The lowest BCUT2D eigenvalue weighted by Crippen LogP contribution is -2.31. The lowest BCUT2D eigenvalue weighted by Gasteiger charge is -2.24. The van der Waals surface area contributed by atoms with Crippen molar-refractivity contribution in [3.05, 3.63) is 76.2 Å². The highest BCUT2D eigenvalue weighted by molar-refractivity contribution is 7.86. The summed E-state index contributed by atoms with van der Waals surface area (Å²) < 4.78 is 30.3. The third kappa shape index (κ3) is 5.16. The Bertz CT molecular complexity index is 1010. The predicted octanol–water partition coefficient (Wildman–Crippen LogP) is 3.33. The molecule has 0 aliphatic carbocycles. The van der Waals surface area contributed by atoms with E-state index in [4.69, 9.17) is 4.28 Å². The van der Waals surface area contributed by atoms with E-state index in [-0.39, 0.29) is 10.9 Å². The third-order valence-electron chi connectivity index (χ3n) is 4.52. The minimum Gasteiger partial charge on any atom is -0.192 e. The molecule has 0 heterocycles. The topological polar surface area (TPSA) is 46.6 Å². The van der Waals surface area contributed by atoms with Crippen LogP contribution in [-0.4, -0.2) is 20.5 Å². The van der Waals surface area contributed by atoms with Gasteiger partial charge in [-0.1, -0.05) is 56.0 Å². The largest absolute Gasteiger partial charge is 0.313 e. The molecule has 2 rings (SSSR count). The number of rotatable bonds is 7. The molecule has 27 heavy (non-hydrogen) atoms. The Morgan fingerprint density at radius 2 is 1.89 bits per heavy atom. The Hall–Kier alpha value is -2.21. The third-order valence-corrected chi connectivity index (χ3v) is 5.80. The van der Waals surface area contributed by atoms with Gasteiger partial charge in [0, 0.05) is 7.05 Å². The van der Waals surface area contributed by atoms with Crippen molar-refractivity contribution in [1.82, 2.24) is 5.06 Å². The Labute approximate surface area is 162 Å². The molecule has 0 saturated carbocycles. The van der Waals surface area contributed by atoms with Crippen molar-refractivity contribution >= 4 is 22.8 Å². The van der Waals surface area contributed by atoms with E-state index in [1.165, 1.54) is 17.2 Å². The maximum absolute atomic E-state index is 12.5. The van der Waals surface area contributed by atoms with Crippen molar-refractivity contribution in [2.75, 3.05) is 7.05 Å². The molecule has 0 fully saturated rings. The van der Waals surface area contributed by atoms with E-state index in [2.05, 4.69) is 19.6 Å². The zero-order valence-corrected chi connectivity index (χ0v) is 17.2. The maximum atomic E-state index is 12.5. The first-order valence-electron chi connectivity index (χ1n) is 8.97. The minimum absolute atomic E-state index is 0.133. The Kier molecular flexibility index (Phi) is 7.13. The van der Waals surface area contributed by atoms with E-state index in [9.17, 15) is 8.42 Å². The van der Waals surface area contributed by atoms with Gasteiger partial charge < -0.3 is 0 Å². The molecule has 0 bridgehead atoms. The van der Waals surface area contributed by atoms with Crippen LogP contribution in [0.5, 0.6) is 0 Å². The number of benzene rings is 2. The summed E-state index contributed by atoms with van der Waals surface area (Å²) in [6.07, 6.45) is 6.79. The van der Waals surface area contributed by atoms with Crippen LogP contribution in [0, 0.1) is 0 Å². The van der Waals surface area contributed by atoms with E-state index >= 15 is 0 Å². The molecule has 0 radical (unpaired) electrons. The van der Waals surface area contributed by atoms with Gasteiger partial charge in [-0.15, -0.1) is 0 Å². The van der Waals surface area contributed by atoms with Crippen molar-refractivity contribution in [3.63, 3.8) is 0 Å². The fourth-order valence-electron chi connectivity index (χ4n) is 2.75. The summed E-state index contributed by atoms with van der Waals surface area (Å²) in [6, 6.07) is 12.0. The minimum atomic E-state index is -3.87. The molecule has 0 N–H and O–H groups in total. The van der Waals surface area contributed by atoms with Crippen LogP contribution >= 0.6 is 0 Å². The van der Waals surface area contributed by atoms with Crippen LogP contribution < -0.4 is 10.4 Å². The fourth-order valence-corrected chi connectivity index (χ4v) is 3.76. The number of hydroxylamine groups is 2. The predicted molar refractivity (Wildman–Crippen MR) is 111 cm³/mol. The number of aryl methyl sites for hydroxylation is 1. The summed E-state index contributed by atoms with van der Waals surface area (Å²) in [4.78, 5) is 0.133. The molecule has 0 saturated heterocycles. The molecule has 0 aromatic heterocycles. The second kappa shape index (κ2) is 9.13. The van der Waals surface area contributed by atoms with Gasteiger partial charge in [0.1, 0.15) is 0 Å². The van der Waals surface area contributed by atoms with Crippen molar-refractivity contribution in [2.24, 2.45) is 0 Å². The highest BCUT2D eigenvalue weighted by Gasteiger charge is 2.22. The van der Waals surface area contributed by atoms with Crippen LogP contribution in [-0.2, 0) is 20.8 Å². The van der Waals surface area contributed by atoms with Gasteiger partial charge in [0.25, 0.3) is 0 Å². The maximum Gasteiger partial charge on any atom is 0.313 e. The van der Waals surface area contributed by atoms with Gasteiger partial charge in [-0.3, -0.25) is 0 Å². The monoisotopic (exact) mass is 385 g/mol. The molecule has 0 aliphatic rings. The van der Waals surface area contributed by atoms with Gasteiger partial charge in [0.2, 0.25) is 0 Å². The average molecular weight is 386 g/mol. The van der Waals surface area contributed by atoms with Gasteiger partial charge in [-0.05, 0) is 60.0 Å². The highest BCUT2D eigenvalue weighted by atomic mass is 32.2. The van der Waals surface area contributed by atoms with Crippen LogP contribution in [0.4, 0.5) is 0 Å². The molecule has 0 unspecified atom stereocenters. The summed E-state index contributed by atoms with van der Waals surface area (Å²) in [5.74, 6) is 0. The van der Waals surface area contributed by atoms with Gasteiger partial charge in [0.05, 0.1) is 10.9 Å². The van der Waals surface area contributed by atoms with E-state index in [1.54, 1.807) is 25.2 Å². The first kappa shape index (κ1) is 21.1. The zero-order valence-electron chi connectivity index (χ0n) is 16.3. The second-order valence-electron chi connectivity index (χ2n) is 6.36. The molecule has 0 spiro atoms. The number of nitrogens with zero attached hydrogens (tertiary/aromatic N) is 1. The summed E-state index contributed by atoms with van der Waals surface area (Å²) >= 11 is 0. The molecule has 1 atom stereocenters. The summed E-state index contributed by atoms with van der Waals surface area (Å²) in [7, 11) is -2.24. The SMILES string of the molecule is C=c1c(CC)cc([C@@H](C)N(C)OS(=O)(=O)c2ccccc2)c/c1=C/C=C\C. The highest BCUT2D eigenvalue weighted by Crippen LogP contribution is 2.22. The van der Waals surface area contributed by atoms with Gasteiger partial charge in [-0.2, -0.15) is 17.8 Å². The van der Waals surface area contributed by atoms with Crippen LogP contribution in [0.3, 0.4) is 0 Å². The van der Waals surface area contributed by atoms with Gasteiger partial charge >= 0.3 is 10.1 Å². The van der Waals surface area contributed by atoms with Crippen molar-refractivity contribution < 1.29 is 12.7 Å². The molecule has 2 aromatic carbocycles. The first-order chi connectivity index (χ1) is 12.8. The quantitative estimate of drug-likeness (QED) is 0.686. The molecule has 5 heteroatoms. The number of hydrogen-bond donors (Lipinski definition) is 0. The summed E-state index contributed by atoms with van der Waals surface area (Å²) in [5, 5.41) is 3.39. The van der Waals surface area contributed by atoms with E-state index < -0.39 is 10.1 Å². The molecular weight excluding hydrogens is 358 g/mol. The summed E-state index contributed by atoms with van der Waals surface area (Å²) in [5.41, 5.74) is 2.11. The van der Waals surface area contributed by atoms with E-state index in [0.717, 1.165) is 28.0 Å². The van der Waals surface area contributed by atoms with Crippen molar-refractivity contribution in [3.8, 4) is 0 Å². The van der Waals surface area contributed by atoms with Crippen LogP contribution in [0.1, 0.15) is 37.9 Å². The molecule has 4 nitrogen and oxygen atoms in total. The van der Waals surface area contributed by atoms with Crippen molar-refractivity contribution in [2.45, 2.75) is 38.1 Å². The molecule has 144 valence electrons. The van der Waals surface area contributed by atoms with E-state index in [1.807, 2.05) is 38.1 Å². The lowest BCUT2D eigenvalue weighted by molar-refractivity contribution is -0.0596. The van der Waals surface area contributed by atoms with Crippen LogP contribution in [0.15, 0.2) is 59.5 Å².